The van der Waals surface area contributed by atoms with Crippen molar-refractivity contribution in [2.45, 2.75) is 10.4 Å². The van der Waals surface area contributed by atoms with Gasteiger partial charge in [-0.1, -0.05) is 36.9 Å². The van der Waals surface area contributed by atoms with E-state index in [1.807, 2.05) is 0 Å². The van der Waals surface area contributed by atoms with Gasteiger partial charge in [-0.2, -0.15) is 21.6 Å². The summed E-state index contributed by atoms with van der Waals surface area (Å²) in [6.45, 7) is 3.47. The van der Waals surface area contributed by atoms with Gasteiger partial charge in [0.25, 0.3) is 0 Å². The fourth-order valence-electron chi connectivity index (χ4n) is 2.12. The fraction of sp³-hybridized carbons (Fsp3) is 0.125. The van der Waals surface area contributed by atoms with Crippen LogP contribution < -0.4 is 4.31 Å². The fourth-order valence-corrected chi connectivity index (χ4v) is 3.75. The minimum Gasteiger partial charge on any atom is -0.231 e. The number of alkyl halides is 3. The maximum Gasteiger partial charge on any atom is 0.517 e. The molecular weight excluding hydrogens is 391 g/mol. The third-order valence-electron chi connectivity index (χ3n) is 3.38. The van der Waals surface area contributed by atoms with Crippen molar-refractivity contribution in [3.63, 3.8) is 0 Å². The van der Waals surface area contributed by atoms with Crippen LogP contribution in [-0.2, 0) is 19.9 Å². The number of benzene rings is 2. The molecule has 0 atom stereocenters. The van der Waals surface area contributed by atoms with Crippen LogP contribution in [0, 0.1) is 0 Å². The normalized spacial score (nSPS) is 12.6. The van der Waals surface area contributed by atoms with Crippen LogP contribution in [0.25, 0.3) is 5.70 Å². The van der Waals surface area contributed by atoms with E-state index < -0.39 is 31.1 Å². The Labute approximate surface area is 149 Å². The third kappa shape index (κ3) is 3.91. The van der Waals surface area contributed by atoms with Crippen LogP contribution in [0.15, 0.2) is 66.1 Å². The van der Waals surface area contributed by atoms with Gasteiger partial charge in [0, 0.05) is 6.26 Å². The van der Waals surface area contributed by atoms with E-state index in [0.717, 1.165) is 6.26 Å². The Morgan fingerprint density at radius 3 is 1.85 bits per heavy atom. The molecule has 0 bridgehead atoms. The van der Waals surface area contributed by atoms with Crippen LogP contribution in [0.2, 0.25) is 0 Å². The number of hydrogen-bond donors (Lipinski definition) is 0. The zero-order valence-electron chi connectivity index (χ0n) is 13.4. The lowest BCUT2D eigenvalue weighted by Gasteiger charge is -2.27. The summed E-state index contributed by atoms with van der Waals surface area (Å²) in [7, 11) is -9.27. The van der Waals surface area contributed by atoms with Gasteiger partial charge in [-0.3, -0.25) is 0 Å². The van der Waals surface area contributed by atoms with Crippen LogP contribution in [-0.4, -0.2) is 28.6 Å². The number of sulfonamides is 1. The highest BCUT2D eigenvalue weighted by Crippen LogP contribution is 2.36. The molecule has 0 saturated carbocycles. The molecule has 0 saturated heterocycles. The van der Waals surface area contributed by atoms with Gasteiger partial charge in [0.05, 0.1) is 16.3 Å². The Bertz CT molecular complexity index is 1010. The summed E-state index contributed by atoms with van der Waals surface area (Å²) in [6.07, 6.45) is 0.973. The molecule has 140 valence electrons. The SMILES string of the molecule is C=C(c1ccc(S(C)(=O)=O)cc1)N(c1ccccc1)S(=O)(=O)C(F)(F)F. The Morgan fingerprint density at radius 1 is 0.923 bits per heavy atom. The van der Waals surface area contributed by atoms with Crippen LogP contribution in [0.5, 0.6) is 0 Å². The van der Waals surface area contributed by atoms with Crippen molar-refractivity contribution >= 4 is 31.2 Å². The molecule has 2 rings (SSSR count). The Kier molecular flexibility index (Phi) is 5.20. The molecule has 0 fully saturated rings. The minimum absolute atomic E-state index is 0.0223. The molecule has 0 aromatic heterocycles. The Balaban J connectivity index is 2.58. The molecule has 0 radical (unpaired) electrons. The lowest BCUT2D eigenvalue weighted by Crippen LogP contribution is -2.39. The third-order valence-corrected chi connectivity index (χ3v) is 6.01. The second-order valence-electron chi connectivity index (χ2n) is 5.29. The second kappa shape index (κ2) is 6.76. The van der Waals surface area contributed by atoms with Crippen molar-refractivity contribution in [2.24, 2.45) is 0 Å². The molecule has 26 heavy (non-hydrogen) atoms. The summed E-state index contributed by atoms with van der Waals surface area (Å²) >= 11 is 0. The first-order valence-corrected chi connectivity index (χ1v) is 10.3. The van der Waals surface area contributed by atoms with Crippen LogP contribution in [0.4, 0.5) is 18.9 Å². The topological polar surface area (TPSA) is 71.5 Å². The first kappa shape index (κ1) is 20.0. The van der Waals surface area contributed by atoms with Crippen LogP contribution in [0.1, 0.15) is 5.56 Å². The van der Waals surface area contributed by atoms with Crippen molar-refractivity contribution < 1.29 is 30.0 Å². The highest BCUT2D eigenvalue weighted by Gasteiger charge is 2.51. The summed E-state index contributed by atoms with van der Waals surface area (Å²) in [6, 6.07) is 11.4. The summed E-state index contributed by atoms with van der Waals surface area (Å²) < 4.78 is 86.5. The largest absolute Gasteiger partial charge is 0.517 e. The van der Waals surface area contributed by atoms with Crippen molar-refractivity contribution in [1.82, 2.24) is 0 Å². The van der Waals surface area contributed by atoms with Gasteiger partial charge in [-0.15, -0.1) is 0 Å². The van der Waals surface area contributed by atoms with Gasteiger partial charge in [-0.25, -0.2) is 12.7 Å². The van der Waals surface area contributed by atoms with E-state index in [1.54, 1.807) is 0 Å². The number of nitrogens with zero attached hydrogens (tertiary/aromatic N) is 1. The Morgan fingerprint density at radius 2 is 1.42 bits per heavy atom. The molecule has 2 aromatic rings. The maximum absolute atomic E-state index is 13.1. The summed E-state index contributed by atoms with van der Waals surface area (Å²) in [5, 5.41) is 0. The van der Waals surface area contributed by atoms with Crippen molar-refractivity contribution in [3.8, 4) is 0 Å². The first-order chi connectivity index (χ1) is 11.9. The van der Waals surface area contributed by atoms with Gasteiger partial charge in [0.1, 0.15) is 0 Å². The lowest BCUT2D eigenvalue weighted by atomic mass is 10.1. The van der Waals surface area contributed by atoms with Gasteiger partial charge in [0.2, 0.25) is 0 Å². The van der Waals surface area contributed by atoms with E-state index >= 15 is 0 Å². The van der Waals surface area contributed by atoms with Gasteiger partial charge in [-0.05, 0) is 29.8 Å². The quantitative estimate of drug-likeness (QED) is 0.764. The number of halogens is 3. The van der Waals surface area contributed by atoms with E-state index in [9.17, 15) is 30.0 Å². The first-order valence-electron chi connectivity index (χ1n) is 7.02. The summed E-state index contributed by atoms with van der Waals surface area (Å²) in [5.41, 5.74) is -6.23. The average Bonchev–Trinajstić information content (AvgIpc) is 2.54. The molecule has 0 spiro atoms. The average molecular weight is 405 g/mol. The van der Waals surface area contributed by atoms with Crippen LogP contribution in [0.3, 0.4) is 0 Å². The predicted octanol–water partition coefficient (Wildman–Crippen LogP) is 3.42. The highest BCUT2D eigenvalue weighted by atomic mass is 32.2. The molecule has 0 heterocycles. The molecular formula is C16H14F3NO4S2. The molecule has 0 aliphatic heterocycles. The summed E-state index contributed by atoms with van der Waals surface area (Å²) in [5.74, 6) is 0. The number of anilines is 1. The number of para-hydroxylation sites is 1. The molecule has 0 unspecified atom stereocenters. The van der Waals surface area contributed by atoms with E-state index in [4.69, 9.17) is 0 Å². The molecule has 0 N–H and O–H groups in total. The second-order valence-corrected chi connectivity index (χ2v) is 9.09. The molecule has 0 aliphatic carbocycles. The van der Waals surface area contributed by atoms with Gasteiger partial charge in [0.15, 0.2) is 9.84 Å². The predicted molar refractivity (Wildman–Crippen MR) is 92.5 cm³/mol. The molecule has 10 heteroatoms. The monoisotopic (exact) mass is 405 g/mol. The minimum atomic E-state index is -5.76. The molecule has 2 aromatic carbocycles. The van der Waals surface area contributed by atoms with E-state index in [2.05, 4.69) is 6.58 Å². The van der Waals surface area contributed by atoms with Crippen molar-refractivity contribution in [3.05, 3.63) is 66.7 Å². The summed E-state index contributed by atoms with van der Waals surface area (Å²) in [4.78, 5) is -0.0565. The zero-order chi connectivity index (χ0) is 19.8. The number of rotatable bonds is 5. The van der Waals surface area contributed by atoms with Gasteiger partial charge >= 0.3 is 15.5 Å². The molecule has 0 amide bonds. The lowest BCUT2D eigenvalue weighted by molar-refractivity contribution is -0.0435. The highest BCUT2D eigenvalue weighted by molar-refractivity contribution is 7.94. The van der Waals surface area contributed by atoms with Crippen molar-refractivity contribution in [2.75, 3.05) is 10.6 Å². The number of hydrogen-bond acceptors (Lipinski definition) is 4. The van der Waals surface area contributed by atoms with Crippen LogP contribution >= 0.6 is 0 Å². The number of sulfone groups is 1. The zero-order valence-corrected chi connectivity index (χ0v) is 15.1. The maximum atomic E-state index is 13.1. The van der Waals surface area contributed by atoms with E-state index in [0.29, 0.717) is 0 Å². The molecule has 0 aliphatic rings. The molecule has 5 nitrogen and oxygen atoms in total. The van der Waals surface area contributed by atoms with Gasteiger partial charge < -0.3 is 0 Å². The Hall–Kier alpha value is -2.33. The van der Waals surface area contributed by atoms with E-state index in [-0.39, 0.29) is 20.5 Å². The standard InChI is InChI=1S/C16H14F3NO4S2/c1-12(13-8-10-15(11-9-13)25(2,21)22)20(14-6-4-3-5-7-14)26(23,24)16(17,18)19/h3-11H,1H2,2H3. The smallest absolute Gasteiger partial charge is 0.231 e. The van der Waals surface area contributed by atoms with Crippen molar-refractivity contribution in [1.29, 1.82) is 0 Å². The van der Waals surface area contributed by atoms with E-state index in [1.165, 1.54) is 54.6 Å².